The fourth-order valence-corrected chi connectivity index (χ4v) is 4.15. The van der Waals surface area contributed by atoms with Gasteiger partial charge in [-0.3, -0.25) is 0 Å². The Bertz CT molecular complexity index is 556. The van der Waals surface area contributed by atoms with E-state index >= 15 is 0 Å². The third kappa shape index (κ3) is 3.28. The third-order valence-corrected chi connectivity index (χ3v) is 5.61. The molecule has 1 aromatic rings. The fourth-order valence-electron chi connectivity index (χ4n) is 2.03. The minimum atomic E-state index is -3.76. The number of sulfonamides is 1. The quantitative estimate of drug-likeness (QED) is 0.881. The molecule has 1 saturated heterocycles. The number of benzene rings is 1. The Kier molecular flexibility index (Phi) is 5.76. The highest BCUT2D eigenvalue weighted by atomic mass is 79.9. The molecule has 0 spiro atoms. The van der Waals surface area contributed by atoms with Crippen LogP contribution >= 0.6 is 28.3 Å². The van der Waals surface area contributed by atoms with Gasteiger partial charge in [-0.25, -0.2) is 12.8 Å². The Morgan fingerprint density at radius 1 is 1.47 bits per heavy atom. The third-order valence-electron chi connectivity index (χ3n) is 3.12. The molecule has 1 aromatic carbocycles. The number of rotatable bonds is 3. The zero-order chi connectivity index (χ0) is 13.3. The first-order valence-corrected chi connectivity index (χ1v) is 7.84. The second-order valence-corrected chi connectivity index (χ2v) is 7.07. The number of nitrogens with zero attached hydrogens (tertiary/aromatic N) is 1. The van der Waals surface area contributed by atoms with Crippen LogP contribution in [0.25, 0.3) is 0 Å². The van der Waals surface area contributed by atoms with Gasteiger partial charge in [0.15, 0.2) is 5.82 Å². The van der Waals surface area contributed by atoms with E-state index in [2.05, 4.69) is 15.9 Å². The molecule has 2 N–H and O–H groups in total. The first-order valence-electron chi connectivity index (χ1n) is 5.61. The molecule has 1 unspecified atom stereocenters. The molecular formula is C11H15BrClFN2O2S. The highest BCUT2D eigenvalue weighted by Crippen LogP contribution is 2.28. The second kappa shape index (κ2) is 6.49. The van der Waals surface area contributed by atoms with Gasteiger partial charge in [0.1, 0.15) is 4.90 Å². The lowest BCUT2D eigenvalue weighted by molar-refractivity contribution is 0.453. The first kappa shape index (κ1) is 16.8. The van der Waals surface area contributed by atoms with E-state index in [1.54, 1.807) is 0 Å². The summed E-state index contributed by atoms with van der Waals surface area (Å²) in [5.74, 6) is -0.580. The maximum Gasteiger partial charge on any atom is 0.246 e. The molecule has 1 aliphatic rings. The van der Waals surface area contributed by atoms with Gasteiger partial charge in [-0.05, 0) is 46.9 Å². The van der Waals surface area contributed by atoms with E-state index in [-0.39, 0.29) is 27.7 Å². The molecule has 1 heterocycles. The Morgan fingerprint density at radius 3 is 2.74 bits per heavy atom. The molecule has 19 heavy (non-hydrogen) atoms. The number of hydrogen-bond acceptors (Lipinski definition) is 3. The van der Waals surface area contributed by atoms with Gasteiger partial charge in [0.25, 0.3) is 0 Å². The van der Waals surface area contributed by atoms with E-state index in [1.807, 2.05) is 0 Å². The molecule has 0 radical (unpaired) electrons. The van der Waals surface area contributed by atoms with Crippen LogP contribution in [-0.4, -0.2) is 32.4 Å². The lowest BCUT2D eigenvalue weighted by Crippen LogP contribution is -2.30. The largest absolute Gasteiger partial charge is 0.330 e. The summed E-state index contributed by atoms with van der Waals surface area (Å²) < 4.78 is 39.9. The van der Waals surface area contributed by atoms with Gasteiger partial charge in [0.05, 0.1) is 4.47 Å². The summed E-state index contributed by atoms with van der Waals surface area (Å²) in [5, 5.41) is 0. The van der Waals surface area contributed by atoms with Crippen LogP contribution in [0.3, 0.4) is 0 Å². The summed E-state index contributed by atoms with van der Waals surface area (Å²) >= 11 is 2.99. The van der Waals surface area contributed by atoms with Crippen molar-refractivity contribution in [1.29, 1.82) is 0 Å². The normalized spacial score (nSPS) is 20.3. The van der Waals surface area contributed by atoms with Crippen molar-refractivity contribution in [2.45, 2.75) is 11.3 Å². The summed E-state index contributed by atoms with van der Waals surface area (Å²) in [6.45, 7) is 1.22. The molecule has 0 aliphatic carbocycles. The molecule has 2 rings (SSSR count). The molecule has 0 saturated carbocycles. The average Bonchev–Trinajstić information content (AvgIpc) is 2.81. The number of halogens is 3. The zero-order valence-corrected chi connectivity index (χ0v) is 13.3. The van der Waals surface area contributed by atoms with Crippen LogP contribution in [0.2, 0.25) is 0 Å². The number of hydrogen-bond donors (Lipinski definition) is 1. The van der Waals surface area contributed by atoms with E-state index < -0.39 is 15.8 Å². The Labute approximate surface area is 126 Å². The highest BCUT2D eigenvalue weighted by Gasteiger charge is 2.33. The van der Waals surface area contributed by atoms with Crippen LogP contribution in [0.1, 0.15) is 6.42 Å². The van der Waals surface area contributed by atoms with Crippen LogP contribution < -0.4 is 5.73 Å². The topological polar surface area (TPSA) is 63.4 Å². The predicted octanol–water partition coefficient (Wildman–Crippen LogP) is 1.98. The molecule has 1 fully saturated rings. The maximum atomic E-state index is 13.9. The van der Waals surface area contributed by atoms with Gasteiger partial charge in [-0.1, -0.05) is 6.07 Å². The summed E-state index contributed by atoms with van der Waals surface area (Å²) in [6.07, 6.45) is 0.728. The molecule has 0 amide bonds. The minimum Gasteiger partial charge on any atom is -0.330 e. The smallest absolute Gasteiger partial charge is 0.246 e. The highest BCUT2D eigenvalue weighted by molar-refractivity contribution is 9.10. The van der Waals surface area contributed by atoms with Crippen molar-refractivity contribution in [3.8, 4) is 0 Å². The lowest BCUT2D eigenvalue weighted by Gasteiger charge is -2.17. The summed E-state index contributed by atoms with van der Waals surface area (Å²) in [5.41, 5.74) is 5.53. The van der Waals surface area contributed by atoms with Crippen molar-refractivity contribution < 1.29 is 12.8 Å². The van der Waals surface area contributed by atoms with Crippen molar-refractivity contribution in [1.82, 2.24) is 4.31 Å². The molecule has 0 bridgehead atoms. The van der Waals surface area contributed by atoms with Gasteiger partial charge in [-0.2, -0.15) is 4.31 Å². The van der Waals surface area contributed by atoms with Crippen molar-refractivity contribution in [3.63, 3.8) is 0 Å². The summed E-state index contributed by atoms with van der Waals surface area (Å²) in [6, 6.07) is 4.27. The van der Waals surface area contributed by atoms with E-state index in [4.69, 9.17) is 5.73 Å². The van der Waals surface area contributed by atoms with Crippen LogP contribution in [-0.2, 0) is 10.0 Å². The summed E-state index contributed by atoms with van der Waals surface area (Å²) in [4.78, 5) is -0.283. The van der Waals surface area contributed by atoms with Crippen molar-refractivity contribution >= 4 is 38.4 Å². The molecule has 1 aliphatic heterocycles. The SMILES string of the molecule is Cl.NCC1CCN(S(=O)(=O)c2cccc(Br)c2F)C1. The van der Waals surface area contributed by atoms with Crippen LogP contribution in [0.15, 0.2) is 27.6 Å². The molecule has 108 valence electrons. The van der Waals surface area contributed by atoms with E-state index in [0.717, 1.165) is 6.42 Å². The van der Waals surface area contributed by atoms with Gasteiger partial charge in [-0.15, -0.1) is 12.4 Å². The van der Waals surface area contributed by atoms with Crippen molar-refractivity contribution in [2.75, 3.05) is 19.6 Å². The predicted molar refractivity (Wildman–Crippen MR) is 77.3 cm³/mol. The molecule has 4 nitrogen and oxygen atoms in total. The Morgan fingerprint density at radius 2 is 2.16 bits per heavy atom. The number of nitrogens with two attached hydrogens (primary N) is 1. The van der Waals surface area contributed by atoms with E-state index in [9.17, 15) is 12.8 Å². The minimum absolute atomic E-state index is 0. The monoisotopic (exact) mass is 372 g/mol. The maximum absolute atomic E-state index is 13.9. The molecule has 1 atom stereocenters. The molecular weight excluding hydrogens is 359 g/mol. The van der Waals surface area contributed by atoms with Gasteiger partial charge >= 0.3 is 0 Å². The Balaban J connectivity index is 0.00000180. The average molecular weight is 374 g/mol. The second-order valence-electron chi connectivity index (χ2n) is 4.31. The van der Waals surface area contributed by atoms with Crippen LogP contribution in [0.5, 0.6) is 0 Å². The first-order chi connectivity index (χ1) is 8.46. The van der Waals surface area contributed by atoms with Gasteiger partial charge in [0, 0.05) is 13.1 Å². The van der Waals surface area contributed by atoms with Crippen LogP contribution in [0.4, 0.5) is 4.39 Å². The molecule has 0 aromatic heterocycles. The van der Waals surface area contributed by atoms with E-state index in [1.165, 1.54) is 22.5 Å². The van der Waals surface area contributed by atoms with Gasteiger partial charge < -0.3 is 5.73 Å². The fraction of sp³-hybridized carbons (Fsp3) is 0.455. The van der Waals surface area contributed by atoms with E-state index in [0.29, 0.717) is 19.6 Å². The Hall–Kier alpha value is -0.210. The van der Waals surface area contributed by atoms with Crippen LogP contribution in [0, 0.1) is 11.7 Å². The summed E-state index contributed by atoms with van der Waals surface area (Å²) in [7, 11) is -3.76. The van der Waals surface area contributed by atoms with Crippen molar-refractivity contribution in [3.05, 3.63) is 28.5 Å². The molecule has 8 heteroatoms. The zero-order valence-electron chi connectivity index (χ0n) is 10.1. The standard InChI is InChI=1S/C11H14BrFN2O2S.ClH/c12-9-2-1-3-10(11(9)13)18(16,17)15-5-4-8(6-14)7-15;/h1-3,8H,4-7,14H2;1H. The van der Waals surface area contributed by atoms with Gasteiger partial charge in [0.2, 0.25) is 10.0 Å². The lowest BCUT2D eigenvalue weighted by atomic mass is 10.1. The van der Waals surface area contributed by atoms with Crippen molar-refractivity contribution in [2.24, 2.45) is 11.7 Å².